The Morgan fingerprint density at radius 2 is 1.44 bits per heavy atom. The first-order chi connectivity index (χ1) is 21.7. The lowest BCUT2D eigenvalue weighted by Crippen LogP contribution is -2.50. The van der Waals surface area contributed by atoms with Gasteiger partial charge in [-0.2, -0.15) is 0 Å². The Balaban J connectivity index is 1.50. The molecule has 0 aromatic heterocycles. The first-order valence-electron chi connectivity index (χ1n) is 15.8. The summed E-state index contributed by atoms with van der Waals surface area (Å²) in [5.74, 6) is -2.53. The smallest absolute Gasteiger partial charge is 0.336 e. The van der Waals surface area contributed by atoms with Crippen LogP contribution < -0.4 is 5.48 Å². The quantitative estimate of drug-likeness (QED) is 0.125. The third-order valence-corrected chi connectivity index (χ3v) is 8.00. The number of carbonyl (C=O) groups is 3. The van der Waals surface area contributed by atoms with Crippen LogP contribution in [0.2, 0.25) is 0 Å². The molecule has 0 bridgehead atoms. The molecular weight excluding hydrogens is 572 g/mol. The van der Waals surface area contributed by atoms with Crippen molar-refractivity contribution in [3.05, 3.63) is 82.9 Å². The molecule has 0 aliphatic rings. The predicted molar refractivity (Wildman–Crippen MR) is 175 cm³/mol. The average Bonchev–Trinajstić information content (AvgIpc) is 3.02. The van der Waals surface area contributed by atoms with E-state index in [0.29, 0.717) is 13.0 Å². The molecule has 0 aliphatic carbocycles. The SMILES string of the molecule is CONC(=O)COC(C(=O)O)C(OCCCCCc1ccc(C)c(C)c1)C(=O)N(C)CCCCCc1ccc2ccccc2c1. The van der Waals surface area contributed by atoms with E-state index in [1.807, 2.05) is 12.1 Å². The van der Waals surface area contributed by atoms with Crippen molar-refractivity contribution in [3.8, 4) is 0 Å². The molecule has 45 heavy (non-hydrogen) atoms. The molecule has 2 unspecified atom stereocenters. The second-order valence-corrected chi connectivity index (χ2v) is 11.6. The fourth-order valence-corrected chi connectivity index (χ4v) is 5.24. The number of ether oxygens (including phenoxy) is 2. The monoisotopic (exact) mass is 620 g/mol. The fourth-order valence-electron chi connectivity index (χ4n) is 5.24. The molecule has 0 heterocycles. The van der Waals surface area contributed by atoms with Crippen LogP contribution in [0.4, 0.5) is 0 Å². The van der Waals surface area contributed by atoms with E-state index in [9.17, 15) is 19.5 Å². The van der Waals surface area contributed by atoms with Crippen molar-refractivity contribution in [1.29, 1.82) is 0 Å². The normalized spacial score (nSPS) is 12.5. The Morgan fingerprint density at radius 1 is 0.778 bits per heavy atom. The largest absolute Gasteiger partial charge is 0.479 e. The van der Waals surface area contributed by atoms with Gasteiger partial charge < -0.3 is 19.5 Å². The van der Waals surface area contributed by atoms with Gasteiger partial charge in [-0.25, -0.2) is 10.3 Å². The van der Waals surface area contributed by atoms with Crippen LogP contribution in [0.5, 0.6) is 0 Å². The molecule has 9 heteroatoms. The Labute approximate surface area is 266 Å². The van der Waals surface area contributed by atoms with E-state index in [1.165, 1.54) is 45.0 Å². The van der Waals surface area contributed by atoms with Gasteiger partial charge in [-0.3, -0.25) is 14.4 Å². The van der Waals surface area contributed by atoms with Crippen LogP contribution in [0.1, 0.15) is 60.8 Å². The molecule has 2 amide bonds. The van der Waals surface area contributed by atoms with Crippen molar-refractivity contribution in [2.24, 2.45) is 0 Å². The maximum atomic E-state index is 13.5. The van der Waals surface area contributed by atoms with Crippen LogP contribution in [0.25, 0.3) is 10.8 Å². The lowest BCUT2D eigenvalue weighted by molar-refractivity contribution is -0.174. The van der Waals surface area contributed by atoms with Crippen molar-refractivity contribution in [3.63, 3.8) is 0 Å². The molecule has 3 aromatic rings. The highest BCUT2D eigenvalue weighted by Crippen LogP contribution is 2.18. The minimum atomic E-state index is -1.65. The van der Waals surface area contributed by atoms with Gasteiger partial charge in [0.2, 0.25) is 0 Å². The number of amides is 2. The Kier molecular flexibility index (Phi) is 15.0. The Morgan fingerprint density at radius 3 is 2.13 bits per heavy atom. The van der Waals surface area contributed by atoms with Gasteiger partial charge in [-0.05, 0) is 85.4 Å². The number of aliphatic carboxylic acids is 1. The van der Waals surface area contributed by atoms with Gasteiger partial charge in [0.05, 0.1) is 7.11 Å². The van der Waals surface area contributed by atoms with E-state index in [0.717, 1.165) is 44.9 Å². The molecule has 2 N–H and O–H groups in total. The van der Waals surface area contributed by atoms with E-state index in [-0.39, 0.29) is 6.61 Å². The molecule has 0 spiro atoms. The number of hydroxylamine groups is 1. The van der Waals surface area contributed by atoms with E-state index in [2.05, 4.69) is 72.7 Å². The van der Waals surface area contributed by atoms with E-state index in [1.54, 1.807) is 7.05 Å². The number of hydrogen-bond acceptors (Lipinski definition) is 6. The highest BCUT2D eigenvalue weighted by molar-refractivity contribution is 5.88. The number of fused-ring (bicyclic) bond motifs is 1. The number of carboxylic acids is 1. The van der Waals surface area contributed by atoms with E-state index >= 15 is 0 Å². The topological polar surface area (TPSA) is 114 Å². The number of likely N-dealkylation sites (N-methyl/N-ethyl adjacent to an activating group) is 1. The number of unbranched alkanes of at least 4 members (excludes halogenated alkanes) is 4. The summed E-state index contributed by atoms with van der Waals surface area (Å²) < 4.78 is 11.3. The number of benzene rings is 3. The van der Waals surface area contributed by atoms with Gasteiger partial charge in [0.15, 0.2) is 12.2 Å². The Hall–Kier alpha value is -3.79. The average molecular weight is 621 g/mol. The Bertz CT molecular complexity index is 1390. The van der Waals surface area contributed by atoms with Crippen LogP contribution in [-0.4, -0.2) is 73.9 Å². The molecule has 0 aliphatic heterocycles. The molecule has 3 rings (SSSR count). The van der Waals surface area contributed by atoms with Gasteiger partial charge in [-0.15, -0.1) is 0 Å². The number of nitrogens with one attached hydrogen (secondary N) is 1. The lowest BCUT2D eigenvalue weighted by atomic mass is 10.0. The van der Waals surface area contributed by atoms with E-state index in [4.69, 9.17) is 9.47 Å². The van der Waals surface area contributed by atoms with Crippen LogP contribution in [-0.2, 0) is 41.5 Å². The van der Waals surface area contributed by atoms with Gasteiger partial charge in [0.1, 0.15) is 6.61 Å². The minimum Gasteiger partial charge on any atom is -0.479 e. The summed E-state index contributed by atoms with van der Waals surface area (Å²) in [5.41, 5.74) is 7.18. The molecule has 3 aromatic carbocycles. The summed E-state index contributed by atoms with van der Waals surface area (Å²) >= 11 is 0. The van der Waals surface area contributed by atoms with Crippen molar-refractivity contribution < 1.29 is 33.8 Å². The molecule has 0 radical (unpaired) electrons. The van der Waals surface area contributed by atoms with Crippen LogP contribution in [0.15, 0.2) is 60.7 Å². The minimum absolute atomic E-state index is 0.195. The first-order valence-corrected chi connectivity index (χ1v) is 15.8. The molecule has 9 nitrogen and oxygen atoms in total. The molecule has 0 fully saturated rings. The molecule has 244 valence electrons. The third-order valence-electron chi connectivity index (χ3n) is 8.00. The van der Waals surface area contributed by atoms with E-state index < -0.39 is 36.6 Å². The summed E-state index contributed by atoms with van der Waals surface area (Å²) in [6, 6.07) is 21.3. The van der Waals surface area contributed by atoms with Crippen molar-refractivity contribution >= 4 is 28.6 Å². The number of aryl methyl sites for hydroxylation is 4. The molecule has 0 saturated heterocycles. The maximum Gasteiger partial charge on any atom is 0.336 e. The summed E-state index contributed by atoms with van der Waals surface area (Å²) in [7, 11) is 2.90. The predicted octanol–water partition coefficient (Wildman–Crippen LogP) is 5.57. The highest BCUT2D eigenvalue weighted by atomic mass is 16.6. The standard InChI is InChI=1S/C36H48N2O7/c1-26-17-18-28(23-27(26)2)13-8-6-12-22-44-33(34(36(41)42)45-25-32(39)37-43-4)35(40)38(3)21-11-5-7-14-29-19-20-30-15-9-10-16-31(30)24-29/h9-10,15-20,23-24,33-34H,5-8,11-14,21-22,25H2,1-4H3,(H,37,39)(H,41,42). The van der Waals surface area contributed by atoms with Gasteiger partial charge in [-0.1, -0.05) is 73.5 Å². The summed E-state index contributed by atoms with van der Waals surface area (Å²) in [4.78, 5) is 43.6. The zero-order valence-corrected chi connectivity index (χ0v) is 27.1. The summed E-state index contributed by atoms with van der Waals surface area (Å²) in [6.07, 6.45) is 3.93. The number of nitrogens with zero attached hydrogens (tertiary/aromatic N) is 1. The molecular formula is C36H48N2O7. The highest BCUT2D eigenvalue weighted by Gasteiger charge is 2.37. The summed E-state index contributed by atoms with van der Waals surface area (Å²) in [6.45, 7) is 4.25. The van der Waals surface area contributed by atoms with Crippen molar-refractivity contribution in [1.82, 2.24) is 10.4 Å². The summed E-state index contributed by atoms with van der Waals surface area (Å²) in [5, 5.41) is 12.4. The molecule has 0 saturated carbocycles. The van der Waals surface area contributed by atoms with Gasteiger partial charge in [0, 0.05) is 20.2 Å². The van der Waals surface area contributed by atoms with Crippen LogP contribution >= 0.6 is 0 Å². The second kappa shape index (κ2) is 18.9. The van der Waals surface area contributed by atoms with Gasteiger partial charge in [0.25, 0.3) is 11.8 Å². The molecule has 2 atom stereocenters. The van der Waals surface area contributed by atoms with Crippen molar-refractivity contribution in [2.45, 2.75) is 77.4 Å². The number of hydrogen-bond donors (Lipinski definition) is 2. The lowest BCUT2D eigenvalue weighted by Gasteiger charge is -2.28. The third kappa shape index (κ3) is 11.9. The number of carbonyl (C=O) groups excluding carboxylic acids is 2. The maximum absolute atomic E-state index is 13.5. The number of carboxylic acid groups (broad SMARTS) is 1. The fraction of sp³-hybridized carbons (Fsp3) is 0.472. The van der Waals surface area contributed by atoms with Crippen LogP contribution in [0.3, 0.4) is 0 Å². The first kappa shape index (κ1) is 35.7. The van der Waals surface area contributed by atoms with Gasteiger partial charge >= 0.3 is 5.97 Å². The second-order valence-electron chi connectivity index (χ2n) is 11.6. The zero-order valence-electron chi connectivity index (χ0n) is 27.1. The van der Waals surface area contributed by atoms with Crippen LogP contribution in [0, 0.1) is 13.8 Å². The van der Waals surface area contributed by atoms with Crippen molar-refractivity contribution in [2.75, 3.05) is 33.9 Å². The number of rotatable bonds is 20. The zero-order chi connectivity index (χ0) is 32.6.